The molecule has 78 valence electrons. The van der Waals surface area contributed by atoms with E-state index in [0.717, 1.165) is 4.88 Å². The maximum absolute atomic E-state index is 11.4. The third kappa shape index (κ3) is 3.87. The molecule has 0 saturated heterocycles. The average Bonchev–Trinajstić information content (AvgIpc) is 2.70. The van der Waals surface area contributed by atoms with E-state index < -0.39 is 0 Å². The van der Waals surface area contributed by atoms with Gasteiger partial charge >= 0.3 is 0 Å². The molecule has 0 radical (unpaired) electrons. The van der Waals surface area contributed by atoms with Crippen LogP contribution in [-0.4, -0.2) is 32.2 Å². The first kappa shape index (κ1) is 11.2. The minimum Gasteiger partial charge on any atom is -0.378 e. The molecule has 3 N–H and O–H groups in total. The van der Waals surface area contributed by atoms with Crippen molar-refractivity contribution in [2.75, 3.05) is 26.3 Å². The zero-order chi connectivity index (χ0) is 10.2. The van der Waals surface area contributed by atoms with Crippen LogP contribution in [0.1, 0.15) is 9.67 Å². The molecule has 0 spiro atoms. The van der Waals surface area contributed by atoms with Crippen molar-refractivity contribution in [3.05, 3.63) is 22.4 Å². The van der Waals surface area contributed by atoms with Crippen molar-refractivity contribution >= 4 is 17.2 Å². The van der Waals surface area contributed by atoms with Crippen LogP contribution in [0, 0.1) is 0 Å². The van der Waals surface area contributed by atoms with Crippen molar-refractivity contribution in [2.45, 2.75) is 0 Å². The van der Waals surface area contributed by atoms with E-state index in [9.17, 15) is 4.79 Å². The molecular weight excluding hydrogens is 200 g/mol. The van der Waals surface area contributed by atoms with Gasteiger partial charge in [-0.3, -0.25) is 4.79 Å². The Hall–Kier alpha value is -0.910. The summed E-state index contributed by atoms with van der Waals surface area (Å²) < 4.78 is 5.11. The van der Waals surface area contributed by atoms with Gasteiger partial charge in [0.05, 0.1) is 18.1 Å². The molecule has 0 aromatic carbocycles. The SMILES string of the molecule is NCCOCCNC(=O)c1cccs1. The molecular formula is C9H14N2O2S. The van der Waals surface area contributed by atoms with Crippen LogP contribution >= 0.6 is 11.3 Å². The minimum absolute atomic E-state index is 0.0450. The summed E-state index contributed by atoms with van der Waals surface area (Å²) in [6.45, 7) is 2.08. The van der Waals surface area contributed by atoms with Gasteiger partial charge in [-0.25, -0.2) is 0 Å². The summed E-state index contributed by atoms with van der Waals surface area (Å²) in [5.41, 5.74) is 5.24. The third-order valence-electron chi connectivity index (χ3n) is 1.54. The standard InChI is InChI=1S/C9H14N2O2S/c10-3-5-13-6-4-11-9(12)8-2-1-7-14-8/h1-2,7H,3-6,10H2,(H,11,12). The van der Waals surface area contributed by atoms with Gasteiger partial charge < -0.3 is 15.8 Å². The van der Waals surface area contributed by atoms with Crippen LogP contribution in [0.2, 0.25) is 0 Å². The van der Waals surface area contributed by atoms with Gasteiger partial charge in [0, 0.05) is 13.1 Å². The monoisotopic (exact) mass is 214 g/mol. The Bertz CT molecular complexity index is 262. The van der Waals surface area contributed by atoms with E-state index in [1.807, 2.05) is 11.4 Å². The van der Waals surface area contributed by atoms with Crippen molar-refractivity contribution in [1.29, 1.82) is 0 Å². The highest BCUT2D eigenvalue weighted by molar-refractivity contribution is 7.12. The zero-order valence-corrected chi connectivity index (χ0v) is 8.68. The summed E-state index contributed by atoms with van der Waals surface area (Å²) in [7, 11) is 0. The lowest BCUT2D eigenvalue weighted by Gasteiger charge is -2.03. The van der Waals surface area contributed by atoms with E-state index in [2.05, 4.69) is 5.32 Å². The number of amides is 1. The number of hydrogen-bond donors (Lipinski definition) is 2. The summed E-state index contributed by atoms with van der Waals surface area (Å²) in [4.78, 5) is 12.1. The van der Waals surface area contributed by atoms with Crippen LogP contribution in [0.3, 0.4) is 0 Å². The second kappa shape index (κ2) is 6.53. The number of nitrogens with two attached hydrogens (primary N) is 1. The second-order valence-corrected chi connectivity index (χ2v) is 3.58. The Morgan fingerprint density at radius 2 is 2.43 bits per heavy atom. The van der Waals surface area contributed by atoms with Gasteiger partial charge in [-0.05, 0) is 11.4 Å². The first-order valence-electron chi connectivity index (χ1n) is 4.44. The second-order valence-electron chi connectivity index (χ2n) is 2.63. The molecule has 0 aliphatic heterocycles. The van der Waals surface area contributed by atoms with Crippen LogP contribution in [-0.2, 0) is 4.74 Å². The summed E-state index contributed by atoms with van der Waals surface area (Å²) in [6.07, 6.45) is 0. The molecule has 0 aliphatic rings. The molecule has 1 rings (SSSR count). The number of nitrogens with one attached hydrogen (secondary N) is 1. The predicted molar refractivity (Wildman–Crippen MR) is 56.5 cm³/mol. The zero-order valence-electron chi connectivity index (χ0n) is 7.86. The van der Waals surface area contributed by atoms with Crippen molar-refractivity contribution in [3.8, 4) is 0 Å². The molecule has 0 unspecified atom stereocenters. The number of carbonyl (C=O) groups is 1. The van der Waals surface area contributed by atoms with Gasteiger partial charge in [0.15, 0.2) is 0 Å². The Labute approximate surface area is 87.1 Å². The quantitative estimate of drug-likeness (QED) is 0.676. The fraction of sp³-hybridized carbons (Fsp3) is 0.444. The highest BCUT2D eigenvalue weighted by Crippen LogP contribution is 2.07. The minimum atomic E-state index is -0.0450. The maximum Gasteiger partial charge on any atom is 0.261 e. The first-order valence-corrected chi connectivity index (χ1v) is 5.32. The van der Waals surface area contributed by atoms with E-state index in [0.29, 0.717) is 26.3 Å². The van der Waals surface area contributed by atoms with Crippen LogP contribution in [0.25, 0.3) is 0 Å². The molecule has 1 amide bonds. The van der Waals surface area contributed by atoms with E-state index in [1.54, 1.807) is 6.07 Å². The number of hydrogen-bond acceptors (Lipinski definition) is 4. The van der Waals surface area contributed by atoms with Gasteiger partial charge in [-0.1, -0.05) is 6.07 Å². The lowest BCUT2D eigenvalue weighted by atomic mass is 10.4. The number of carbonyl (C=O) groups excluding carboxylic acids is 1. The molecule has 0 bridgehead atoms. The molecule has 0 atom stereocenters. The molecule has 1 heterocycles. The van der Waals surface area contributed by atoms with Crippen molar-refractivity contribution in [1.82, 2.24) is 5.32 Å². The van der Waals surface area contributed by atoms with Gasteiger partial charge in [-0.2, -0.15) is 0 Å². The lowest BCUT2D eigenvalue weighted by Crippen LogP contribution is -2.27. The number of thiophene rings is 1. The molecule has 1 aromatic heterocycles. The molecule has 14 heavy (non-hydrogen) atoms. The molecule has 4 nitrogen and oxygen atoms in total. The van der Waals surface area contributed by atoms with Gasteiger partial charge in [0.2, 0.25) is 0 Å². The van der Waals surface area contributed by atoms with Crippen molar-refractivity contribution in [2.24, 2.45) is 5.73 Å². The predicted octanol–water partition coefficient (Wildman–Crippen LogP) is 0.453. The van der Waals surface area contributed by atoms with Crippen LogP contribution < -0.4 is 11.1 Å². The third-order valence-corrected chi connectivity index (χ3v) is 2.41. The summed E-state index contributed by atoms with van der Waals surface area (Å²) in [5, 5.41) is 4.62. The smallest absolute Gasteiger partial charge is 0.261 e. The fourth-order valence-electron chi connectivity index (χ4n) is 0.917. The highest BCUT2D eigenvalue weighted by atomic mass is 32.1. The van der Waals surface area contributed by atoms with Crippen molar-refractivity contribution in [3.63, 3.8) is 0 Å². The van der Waals surface area contributed by atoms with Crippen LogP contribution in [0.5, 0.6) is 0 Å². The lowest BCUT2D eigenvalue weighted by molar-refractivity contribution is 0.0924. The first-order chi connectivity index (χ1) is 6.84. The van der Waals surface area contributed by atoms with E-state index in [-0.39, 0.29) is 5.91 Å². The normalized spacial score (nSPS) is 10.1. The van der Waals surface area contributed by atoms with Gasteiger partial charge in [-0.15, -0.1) is 11.3 Å². The Balaban J connectivity index is 2.10. The number of rotatable bonds is 6. The Kier molecular flexibility index (Phi) is 5.21. The number of ether oxygens (including phenoxy) is 1. The van der Waals surface area contributed by atoms with E-state index in [1.165, 1.54) is 11.3 Å². The van der Waals surface area contributed by atoms with Gasteiger partial charge in [0.1, 0.15) is 0 Å². The Morgan fingerprint density at radius 1 is 1.57 bits per heavy atom. The largest absolute Gasteiger partial charge is 0.378 e. The summed E-state index contributed by atoms with van der Waals surface area (Å²) in [5.74, 6) is -0.0450. The van der Waals surface area contributed by atoms with E-state index >= 15 is 0 Å². The molecule has 0 saturated carbocycles. The Morgan fingerprint density at radius 3 is 3.07 bits per heavy atom. The summed E-state index contributed by atoms with van der Waals surface area (Å²) >= 11 is 1.43. The highest BCUT2D eigenvalue weighted by Gasteiger charge is 2.03. The van der Waals surface area contributed by atoms with Gasteiger partial charge in [0.25, 0.3) is 5.91 Å². The maximum atomic E-state index is 11.4. The van der Waals surface area contributed by atoms with Crippen molar-refractivity contribution < 1.29 is 9.53 Å². The molecule has 0 aliphatic carbocycles. The van der Waals surface area contributed by atoms with Crippen LogP contribution in [0.4, 0.5) is 0 Å². The molecule has 0 fully saturated rings. The van der Waals surface area contributed by atoms with Crippen LogP contribution in [0.15, 0.2) is 17.5 Å². The topological polar surface area (TPSA) is 64.3 Å². The summed E-state index contributed by atoms with van der Waals surface area (Å²) in [6, 6.07) is 3.64. The average molecular weight is 214 g/mol. The fourth-order valence-corrected chi connectivity index (χ4v) is 1.56. The van der Waals surface area contributed by atoms with E-state index in [4.69, 9.17) is 10.5 Å². The molecule has 1 aromatic rings. The molecule has 5 heteroatoms.